The van der Waals surface area contributed by atoms with Gasteiger partial charge in [0.05, 0.1) is 28.9 Å². The molecule has 1 N–H and O–H groups in total. The number of ether oxygens (including phenoxy) is 1. The fourth-order valence-electron chi connectivity index (χ4n) is 2.53. The number of nitrogens with one attached hydrogen (secondary N) is 1. The van der Waals surface area contributed by atoms with Gasteiger partial charge in [0.1, 0.15) is 12.3 Å². The Morgan fingerprint density at radius 2 is 2.04 bits per heavy atom. The molecular formula is C20H20ClN3O3. The van der Waals surface area contributed by atoms with Crippen molar-refractivity contribution >= 4 is 34.1 Å². The maximum Gasteiger partial charge on any atom is 0.261 e. The van der Waals surface area contributed by atoms with Crippen LogP contribution in [0, 0.1) is 5.92 Å². The first-order valence-electron chi connectivity index (χ1n) is 8.60. The summed E-state index contributed by atoms with van der Waals surface area (Å²) in [5, 5.41) is 3.62. The summed E-state index contributed by atoms with van der Waals surface area (Å²) in [6.45, 7) is 4.52. The van der Waals surface area contributed by atoms with Gasteiger partial charge < -0.3 is 10.1 Å². The zero-order valence-electron chi connectivity index (χ0n) is 15.1. The normalized spacial score (nSPS) is 11.0. The van der Waals surface area contributed by atoms with Crippen LogP contribution in [0.2, 0.25) is 5.02 Å². The van der Waals surface area contributed by atoms with Crippen LogP contribution >= 0.6 is 11.6 Å². The smallest absolute Gasteiger partial charge is 0.261 e. The maximum absolute atomic E-state index is 12.4. The first kappa shape index (κ1) is 18.9. The number of amides is 1. The summed E-state index contributed by atoms with van der Waals surface area (Å²) in [5.74, 6) is 0.605. The van der Waals surface area contributed by atoms with Crippen LogP contribution in [0.15, 0.2) is 53.6 Å². The molecule has 1 amide bonds. The standard InChI is InChI=1S/C20H20ClN3O3/c1-13(2)11-27-18-8-7-14(9-16(18)21)23-19(25)10-24-12-22-17-6-4-3-5-15(17)20(24)26/h3-9,12-13H,10-11H2,1-2H3,(H,23,25). The highest BCUT2D eigenvalue weighted by Crippen LogP contribution is 2.28. The molecule has 0 fully saturated rings. The Balaban J connectivity index is 1.70. The van der Waals surface area contributed by atoms with Crippen LogP contribution < -0.4 is 15.6 Å². The predicted octanol–water partition coefficient (Wildman–Crippen LogP) is 3.72. The van der Waals surface area contributed by atoms with Crippen molar-refractivity contribution in [3.63, 3.8) is 0 Å². The van der Waals surface area contributed by atoms with E-state index in [0.29, 0.717) is 39.9 Å². The number of carbonyl (C=O) groups is 1. The largest absolute Gasteiger partial charge is 0.492 e. The van der Waals surface area contributed by atoms with E-state index >= 15 is 0 Å². The predicted molar refractivity (Wildman–Crippen MR) is 106 cm³/mol. The average Bonchev–Trinajstić information content (AvgIpc) is 2.63. The summed E-state index contributed by atoms with van der Waals surface area (Å²) in [6, 6.07) is 12.1. The Labute approximate surface area is 161 Å². The fourth-order valence-corrected chi connectivity index (χ4v) is 2.76. The van der Waals surface area contributed by atoms with Gasteiger partial charge in [0, 0.05) is 5.69 Å². The molecule has 27 heavy (non-hydrogen) atoms. The van der Waals surface area contributed by atoms with Gasteiger partial charge in [-0.3, -0.25) is 14.2 Å². The van der Waals surface area contributed by atoms with Crippen molar-refractivity contribution in [1.29, 1.82) is 0 Å². The summed E-state index contributed by atoms with van der Waals surface area (Å²) in [4.78, 5) is 29.0. The number of halogens is 1. The molecule has 0 aliphatic rings. The Hall–Kier alpha value is -2.86. The van der Waals surface area contributed by atoms with Gasteiger partial charge in [-0.25, -0.2) is 4.98 Å². The van der Waals surface area contributed by atoms with Crippen LogP contribution in [0.4, 0.5) is 5.69 Å². The molecule has 0 radical (unpaired) electrons. The number of nitrogens with zero attached hydrogens (tertiary/aromatic N) is 2. The minimum atomic E-state index is -0.346. The molecule has 0 saturated heterocycles. The topological polar surface area (TPSA) is 73.2 Å². The minimum absolute atomic E-state index is 0.139. The zero-order chi connectivity index (χ0) is 19.4. The van der Waals surface area contributed by atoms with Gasteiger partial charge in [0.2, 0.25) is 5.91 Å². The number of hydrogen-bond donors (Lipinski definition) is 1. The number of hydrogen-bond acceptors (Lipinski definition) is 4. The third-order valence-corrected chi connectivity index (χ3v) is 4.13. The van der Waals surface area contributed by atoms with E-state index < -0.39 is 0 Å². The maximum atomic E-state index is 12.4. The van der Waals surface area contributed by atoms with Crippen LogP contribution in [0.25, 0.3) is 10.9 Å². The summed E-state index contributed by atoms with van der Waals surface area (Å²) in [5.41, 5.74) is 0.873. The van der Waals surface area contributed by atoms with Gasteiger partial charge in [-0.15, -0.1) is 0 Å². The summed E-state index contributed by atoms with van der Waals surface area (Å²) in [7, 11) is 0. The molecule has 1 heterocycles. The van der Waals surface area contributed by atoms with Crippen molar-refractivity contribution in [1.82, 2.24) is 9.55 Å². The van der Waals surface area contributed by atoms with E-state index in [9.17, 15) is 9.59 Å². The fraction of sp³-hybridized carbons (Fsp3) is 0.250. The van der Waals surface area contributed by atoms with E-state index in [2.05, 4.69) is 10.3 Å². The monoisotopic (exact) mass is 385 g/mol. The van der Waals surface area contributed by atoms with Crippen LogP contribution in [0.1, 0.15) is 13.8 Å². The Bertz CT molecular complexity index is 1030. The molecule has 2 aromatic carbocycles. The second kappa shape index (κ2) is 8.22. The molecular weight excluding hydrogens is 366 g/mol. The van der Waals surface area contributed by atoms with Crippen molar-refractivity contribution in [2.45, 2.75) is 20.4 Å². The van der Waals surface area contributed by atoms with Crippen molar-refractivity contribution in [3.05, 3.63) is 64.2 Å². The lowest BCUT2D eigenvalue weighted by Crippen LogP contribution is -2.27. The molecule has 0 atom stereocenters. The Morgan fingerprint density at radius 1 is 1.26 bits per heavy atom. The first-order valence-corrected chi connectivity index (χ1v) is 8.98. The molecule has 140 valence electrons. The van der Waals surface area contributed by atoms with Gasteiger partial charge >= 0.3 is 0 Å². The number of rotatable bonds is 6. The SMILES string of the molecule is CC(C)COc1ccc(NC(=O)Cn2cnc3ccccc3c2=O)cc1Cl. The van der Waals surface area contributed by atoms with Crippen LogP contribution in [0.5, 0.6) is 5.75 Å². The van der Waals surface area contributed by atoms with E-state index in [1.807, 2.05) is 19.9 Å². The number of carbonyl (C=O) groups excluding carboxylic acids is 1. The van der Waals surface area contributed by atoms with Crippen LogP contribution in [-0.2, 0) is 11.3 Å². The van der Waals surface area contributed by atoms with Crippen molar-refractivity contribution in [2.75, 3.05) is 11.9 Å². The quantitative estimate of drug-likeness (QED) is 0.701. The highest BCUT2D eigenvalue weighted by atomic mass is 35.5. The average molecular weight is 386 g/mol. The zero-order valence-corrected chi connectivity index (χ0v) is 15.9. The highest BCUT2D eigenvalue weighted by Gasteiger charge is 2.10. The molecule has 0 aliphatic carbocycles. The Morgan fingerprint density at radius 3 is 2.78 bits per heavy atom. The van der Waals surface area contributed by atoms with Crippen LogP contribution in [-0.4, -0.2) is 22.1 Å². The summed E-state index contributed by atoms with van der Waals surface area (Å²) >= 11 is 6.21. The highest BCUT2D eigenvalue weighted by molar-refractivity contribution is 6.32. The lowest BCUT2D eigenvalue weighted by atomic mass is 10.2. The first-order chi connectivity index (χ1) is 12.9. The minimum Gasteiger partial charge on any atom is -0.492 e. The second-order valence-electron chi connectivity index (χ2n) is 6.59. The van der Waals surface area contributed by atoms with Gasteiger partial charge in [0.25, 0.3) is 5.56 Å². The van der Waals surface area contributed by atoms with Crippen LogP contribution in [0.3, 0.4) is 0 Å². The lowest BCUT2D eigenvalue weighted by Gasteiger charge is -2.12. The molecule has 0 saturated carbocycles. The van der Waals surface area contributed by atoms with Crippen molar-refractivity contribution in [3.8, 4) is 5.75 Å². The van der Waals surface area contributed by atoms with Gasteiger partial charge in [-0.05, 0) is 36.2 Å². The molecule has 0 spiro atoms. The number of benzene rings is 2. The molecule has 6 nitrogen and oxygen atoms in total. The Kier molecular flexibility index (Phi) is 5.76. The summed E-state index contributed by atoms with van der Waals surface area (Å²) < 4.78 is 6.89. The lowest BCUT2D eigenvalue weighted by molar-refractivity contribution is -0.116. The molecule has 7 heteroatoms. The van der Waals surface area contributed by atoms with E-state index in [4.69, 9.17) is 16.3 Å². The molecule has 0 bridgehead atoms. The molecule has 0 aliphatic heterocycles. The summed E-state index contributed by atoms with van der Waals surface area (Å²) in [6.07, 6.45) is 1.38. The number of para-hydroxylation sites is 1. The van der Waals surface area contributed by atoms with Gasteiger partial charge in [0.15, 0.2) is 0 Å². The third kappa shape index (κ3) is 4.65. The number of anilines is 1. The molecule has 3 aromatic rings. The third-order valence-electron chi connectivity index (χ3n) is 3.83. The number of aromatic nitrogens is 2. The molecule has 3 rings (SSSR count). The van der Waals surface area contributed by atoms with E-state index in [-0.39, 0.29) is 18.0 Å². The van der Waals surface area contributed by atoms with E-state index in [1.54, 1.807) is 36.4 Å². The van der Waals surface area contributed by atoms with E-state index in [1.165, 1.54) is 10.9 Å². The van der Waals surface area contributed by atoms with Gasteiger partial charge in [-0.1, -0.05) is 37.6 Å². The van der Waals surface area contributed by atoms with Crippen molar-refractivity contribution < 1.29 is 9.53 Å². The van der Waals surface area contributed by atoms with E-state index in [0.717, 1.165) is 0 Å². The van der Waals surface area contributed by atoms with Crippen molar-refractivity contribution in [2.24, 2.45) is 5.92 Å². The molecule has 1 aromatic heterocycles. The van der Waals surface area contributed by atoms with Gasteiger partial charge in [-0.2, -0.15) is 0 Å². The molecule has 0 unspecified atom stereocenters. The second-order valence-corrected chi connectivity index (χ2v) is 7.00. The number of fused-ring (bicyclic) bond motifs is 1.